The zero-order valence-corrected chi connectivity index (χ0v) is 5.97. The number of carboxylic acid groups (broad SMARTS) is 1. The molecule has 9 heavy (non-hydrogen) atoms. The molecule has 0 amide bonds. The van der Waals surface area contributed by atoms with Gasteiger partial charge in [0.15, 0.2) is 0 Å². The van der Waals surface area contributed by atoms with Gasteiger partial charge in [-0.2, -0.15) is 0 Å². The number of carbonyl (C=O) groups is 1. The molecule has 48 valence electrons. The molecule has 1 aromatic heterocycles. The molecule has 4 heteroatoms. The van der Waals surface area contributed by atoms with Crippen molar-refractivity contribution in [3.63, 3.8) is 0 Å². The van der Waals surface area contributed by atoms with Crippen molar-refractivity contribution in [3.05, 3.63) is 22.4 Å². The van der Waals surface area contributed by atoms with Crippen LogP contribution in [0.15, 0.2) is 16.9 Å². The third-order valence-electron chi connectivity index (χ3n) is 0.927. The smallest absolute Gasteiger partial charge is 0.338 e. The summed E-state index contributed by atoms with van der Waals surface area (Å²) in [6.45, 7) is 0. The monoisotopic (exact) mass is 189 g/mol. The van der Waals surface area contributed by atoms with Gasteiger partial charge in [0.2, 0.25) is 0 Å². The maximum atomic E-state index is 10.2. The molecule has 1 heterocycles. The van der Waals surface area contributed by atoms with Crippen LogP contribution in [-0.4, -0.2) is 16.1 Å². The summed E-state index contributed by atoms with van der Waals surface area (Å²) >= 11 is 3.03. The fourth-order valence-corrected chi connectivity index (χ4v) is 0.948. The first-order valence-corrected chi connectivity index (χ1v) is 3.07. The highest BCUT2D eigenvalue weighted by molar-refractivity contribution is 9.10. The van der Waals surface area contributed by atoms with Crippen LogP contribution in [0.5, 0.6) is 0 Å². The number of hydrogen-bond donors (Lipinski definition) is 2. The SMILES string of the molecule is O=C(O)c1cc[nH]c1Br. The molecule has 0 aliphatic rings. The van der Waals surface area contributed by atoms with Gasteiger partial charge in [0, 0.05) is 6.20 Å². The van der Waals surface area contributed by atoms with Crippen molar-refractivity contribution in [3.8, 4) is 0 Å². The van der Waals surface area contributed by atoms with Gasteiger partial charge in [-0.15, -0.1) is 0 Å². The lowest BCUT2D eigenvalue weighted by atomic mass is 10.4. The Morgan fingerprint density at radius 2 is 2.44 bits per heavy atom. The van der Waals surface area contributed by atoms with Gasteiger partial charge >= 0.3 is 5.97 Å². The molecular formula is C5H4BrNO2. The number of aromatic carboxylic acids is 1. The molecule has 1 rings (SSSR count). The predicted molar refractivity (Wildman–Crippen MR) is 35.5 cm³/mol. The van der Waals surface area contributed by atoms with E-state index in [1.54, 1.807) is 6.20 Å². The van der Waals surface area contributed by atoms with E-state index in [1.165, 1.54) is 6.07 Å². The molecule has 2 N–H and O–H groups in total. The van der Waals surface area contributed by atoms with Gasteiger partial charge in [-0.3, -0.25) is 0 Å². The van der Waals surface area contributed by atoms with E-state index in [0.29, 0.717) is 4.60 Å². The minimum Gasteiger partial charge on any atom is -0.478 e. The molecular weight excluding hydrogens is 186 g/mol. The fraction of sp³-hybridized carbons (Fsp3) is 0. The first-order valence-electron chi connectivity index (χ1n) is 2.28. The van der Waals surface area contributed by atoms with Gasteiger partial charge in [-0.1, -0.05) is 0 Å². The lowest BCUT2D eigenvalue weighted by Gasteiger charge is -1.85. The summed E-state index contributed by atoms with van der Waals surface area (Å²) in [5.74, 6) is -0.928. The van der Waals surface area contributed by atoms with Crippen LogP contribution in [0.3, 0.4) is 0 Å². The van der Waals surface area contributed by atoms with E-state index in [4.69, 9.17) is 5.11 Å². The van der Waals surface area contributed by atoms with Crippen LogP contribution in [0, 0.1) is 0 Å². The average Bonchev–Trinajstić information content (AvgIpc) is 2.13. The molecule has 3 nitrogen and oxygen atoms in total. The molecule has 0 aromatic carbocycles. The van der Waals surface area contributed by atoms with Crippen molar-refractivity contribution in [2.75, 3.05) is 0 Å². The Hall–Kier alpha value is -0.770. The van der Waals surface area contributed by atoms with Gasteiger partial charge in [0.25, 0.3) is 0 Å². The first-order chi connectivity index (χ1) is 4.22. The maximum Gasteiger partial charge on any atom is 0.338 e. The highest BCUT2D eigenvalue weighted by atomic mass is 79.9. The van der Waals surface area contributed by atoms with Crippen molar-refractivity contribution in [2.45, 2.75) is 0 Å². The number of rotatable bonds is 1. The van der Waals surface area contributed by atoms with Crippen LogP contribution in [0.1, 0.15) is 10.4 Å². The van der Waals surface area contributed by atoms with Crippen LogP contribution < -0.4 is 0 Å². The Morgan fingerprint density at radius 1 is 1.78 bits per heavy atom. The highest BCUT2D eigenvalue weighted by Gasteiger charge is 2.06. The number of halogens is 1. The summed E-state index contributed by atoms with van der Waals surface area (Å²) in [6.07, 6.45) is 1.56. The lowest BCUT2D eigenvalue weighted by molar-refractivity contribution is 0.0696. The summed E-state index contributed by atoms with van der Waals surface area (Å²) in [7, 11) is 0. The van der Waals surface area contributed by atoms with Crippen molar-refractivity contribution in [1.29, 1.82) is 0 Å². The number of nitrogens with one attached hydrogen (secondary N) is 1. The zero-order chi connectivity index (χ0) is 6.85. The topological polar surface area (TPSA) is 53.1 Å². The van der Waals surface area contributed by atoms with E-state index in [9.17, 15) is 4.79 Å². The standard InChI is InChI=1S/C5H4BrNO2/c6-4-3(5(8)9)1-2-7-4/h1-2,7H,(H,8,9). The Morgan fingerprint density at radius 3 is 2.67 bits per heavy atom. The minimum atomic E-state index is -0.928. The van der Waals surface area contributed by atoms with E-state index in [0.717, 1.165) is 0 Å². The second-order valence-corrected chi connectivity index (χ2v) is 2.30. The molecule has 0 saturated heterocycles. The molecule has 0 unspecified atom stereocenters. The third-order valence-corrected chi connectivity index (χ3v) is 1.58. The second kappa shape index (κ2) is 2.23. The average molecular weight is 190 g/mol. The molecule has 0 spiro atoms. The quantitative estimate of drug-likeness (QED) is 0.704. The third kappa shape index (κ3) is 1.13. The number of aromatic amines is 1. The fourth-order valence-electron chi connectivity index (χ4n) is 0.514. The summed E-state index contributed by atoms with van der Waals surface area (Å²) in [5.41, 5.74) is 0.259. The summed E-state index contributed by atoms with van der Waals surface area (Å²) in [6, 6.07) is 1.49. The zero-order valence-electron chi connectivity index (χ0n) is 4.39. The molecule has 0 atom stereocenters. The van der Waals surface area contributed by atoms with Crippen LogP contribution >= 0.6 is 15.9 Å². The van der Waals surface area contributed by atoms with E-state index in [2.05, 4.69) is 20.9 Å². The number of H-pyrrole nitrogens is 1. The molecule has 0 bridgehead atoms. The summed E-state index contributed by atoms with van der Waals surface area (Å²) in [5, 5.41) is 8.40. The van der Waals surface area contributed by atoms with Gasteiger partial charge in [0.1, 0.15) is 0 Å². The van der Waals surface area contributed by atoms with Crippen molar-refractivity contribution in [1.82, 2.24) is 4.98 Å². The van der Waals surface area contributed by atoms with Crippen LogP contribution in [-0.2, 0) is 0 Å². The van der Waals surface area contributed by atoms with Gasteiger partial charge < -0.3 is 10.1 Å². The summed E-state index contributed by atoms with van der Waals surface area (Å²) < 4.78 is 0.509. The normalized spacial score (nSPS) is 9.44. The van der Waals surface area contributed by atoms with Crippen LogP contribution in [0.25, 0.3) is 0 Å². The summed E-state index contributed by atoms with van der Waals surface area (Å²) in [4.78, 5) is 12.9. The predicted octanol–water partition coefficient (Wildman–Crippen LogP) is 1.48. The Balaban J connectivity index is 3.08. The first kappa shape index (κ1) is 6.35. The molecule has 0 aliphatic carbocycles. The molecule has 0 aliphatic heterocycles. The van der Waals surface area contributed by atoms with Crippen molar-refractivity contribution in [2.24, 2.45) is 0 Å². The Bertz CT molecular complexity index is 231. The minimum absolute atomic E-state index is 0.259. The molecule has 1 aromatic rings. The molecule has 0 radical (unpaired) electrons. The second-order valence-electron chi connectivity index (χ2n) is 1.51. The molecule has 0 saturated carbocycles. The van der Waals surface area contributed by atoms with E-state index in [-0.39, 0.29) is 5.56 Å². The Kier molecular flexibility index (Phi) is 1.57. The van der Waals surface area contributed by atoms with Crippen LogP contribution in [0.4, 0.5) is 0 Å². The lowest BCUT2D eigenvalue weighted by Crippen LogP contribution is -1.93. The van der Waals surface area contributed by atoms with Gasteiger partial charge in [-0.05, 0) is 22.0 Å². The van der Waals surface area contributed by atoms with E-state index < -0.39 is 5.97 Å². The highest BCUT2D eigenvalue weighted by Crippen LogP contribution is 2.12. The maximum absolute atomic E-state index is 10.2. The number of carboxylic acids is 1. The van der Waals surface area contributed by atoms with Crippen molar-refractivity contribution >= 4 is 21.9 Å². The largest absolute Gasteiger partial charge is 0.478 e. The van der Waals surface area contributed by atoms with Gasteiger partial charge in [0.05, 0.1) is 10.2 Å². The van der Waals surface area contributed by atoms with E-state index in [1.807, 2.05) is 0 Å². The number of aromatic nitrogens is 1. The van der Waals surface area contributed by atoms with E-state index >= 15 is 0 Å². The van der Waals surface area contributed by atoms with Crippen LogP contribution in [0.2, 0.25) is 0 Å². The van der Waals surface area contributed by atoms with Crippen molar-refractivity contribution < 1.29 is 9.90 Å². The number of hydrogen-bond acceptors (Lipinski definition) is 1. The molecule has 0 fully saturated rings. The Labute approximate surface area is 59.8 Å². The van der Waals surface area contributed by atoms with Gasteiger partial charge in [-0.25, -0.2) is 4.79 Å².